The molecule has 0 amide bonds. The smallest absolute Gasteiger partial charge is 0.317 e. The molecule has 5 nitrogen and oxygen atoms in total. The summed E-state index contributed by atoms with van der Waals surface area (Å²) < 4.78 is 11.3. The van der Waals surface area contributed by atoms with Crippen molar-refractivity contribution in [3.05, 3.63) is 42.1 Å². The van der Waals surface area contributed by atoms with E-state index in [-0.39, 0.29) is 12.0 Å². The molecule has 2 rings (SSSR count). The van der Waals surface area contributed by atoms with Crippen LogP contribution in [0.15, 0.2) is 36.5 Å². The summed E-state index contributed by atoms with van der Waals surface area (Å²) in [5, 5.41) is 6.58. The van der Waals surface area contributed by atoms with Crippen LogP contribution in [0, 0.1) is 5.92 Å². The number of para-hydroxylation sites is 1. The minimum absolute atomic E-state index is 0.301. The van der Waals surface area contributed by atoms with E-state index in [9.17, 15) is 4.79 Å². The minimum Gasteiger partial charge on any atom is -0.494 e. The Morgan fingerprint density at radius 2 is 2.00 bits per heavy atom. The molecular weight excluding hydrogens is 348 g/mol. The lowest BCUT2D eigenvalue weighted by atomic mass is 9.88. The quantitative estimate of drug-likeness (QED) is 0.388. The third-order valence-electron chi connectivity index (χ3n) is 4.32. The van der Waals surface area contributed by atoms with E-state index in [2.05, 4.69) is 24.1 Å². The Morgan fingerprint density at radius 1 is 1.23 bits per heavy atom. The van der Waals surface area contributed by atoms with Crippen LogP contribution in [-0.4, -0.2) is 24.3 Å². The molecule has 1 heterocycles. The second-order valence-electron chi connectivity index (χ2n) is 6.28. The van der Waals surface area contributed by atoms with Crippen molar-refractivity contribution in [2.45, 2.75) is 45.6 Å². The van der Waals surface area contributed by atoms with Gasteiger partial charge in [0.05, 0.1) is 19.3 Å². The third kappa shape index (κ3) is 5.21. The first kappa shape index (κ1) is 20.2. The van der Waals surface area contributed by atoms with Crippen molar-refractivity contribution < 1.29 is 14.3 Å². The molecule has 1 fully saturated rings. The van der Waals surface area contributed by atoms with E-state index < -0.39 is 5.92 Å². The number of carbonyl (C=O) groups is 1. The van der Waals surface area contributed by atoms with Gasteiger partial charge in [-0.3, -0.25) is 4.79 Å². The summed E-state index contributed by atoms with van der Waals surface area (Å²) >= 11 is 5.27. The molecule has 1 aromatic rings. The van der Waals surface area contributed by atoms with Gasteiger partial charge in [0, 0.05) is 11.3 Å². The summed E-state index contributed by atoms with van der Waals surface area (Å²) in [7, 11) is 0. The fraction of sp³-hybridized carbons (Fsp3) is 0.500. The Hall–Kier alpha value is -2.08. The van der Waals surface area contributed by atoms with Gasteiger partial charge in [-0.2, -0.15) is 0 Å². The lowest BCUT2D eigenvalue weighted by molar-refractivity contribution is -0.148. The molecule has 1 aliphatic rings. The van der Waals surface area contributed by atoms with E-state index in [1.807, 2.05) is 31.2 Å². The molecule has 26 heavy (non-hydrogen) atoms. The molecule has 0 unspecified atom stereocenters. The maximum atomic E-state index is 12.8. The predicted octanol–water partition coefficient (Wildman–Crippen LogP) is 3.86. The van der Waals surface area contributed by atoms with E-state index in [1.54, 1.807) is 0 Å². The standard InChI is InChI=1S/C20H28N2O3S/c1-4-6-7-10-13-25-19(23)17-14(3)21-20(26)22-18(17)15-11-8-9-12-16(15)24-5-2/h8-9,11-12,17-18H,3-7,10,13H2,1-2H3,(H2,21,22,26)/t17-,18+/m1/s1. The van der Waals surface area contributed by atoms with Crippen LogP contribution in [0.5, 0.6) is 5.75 Å². The van der Waals surface area contributed by atoms with Crippen LogP contribution < -0.4 is 15.4 Å². The summed E-state index contributed by atoms with van der Waals surface area (Å²) in [4.78, 5) is 12.8. The molecule has 142 valence electrons. The molecule has 2 atom stereocenters. The third-order valence-corrected chi connectivity index (χ3v) is 4.54. The fourth-order valence-corrected chi connectivity index (χ4v) is 3.29. The normalized spacial score (nSPS) is 19.5. The van der Waals surface area contributed by atoms with E-state index in [1.165, 1.54) is 0 Å². The number of hydrogen-bond donors (Lipinski definition) is 2. The minimum atomic E-state index is -0.575. The highest BCUT2D eigenvalue weighted by Gasteiger charge is 2.39. The average molecular weight is 377 g/mol. The topological polar surface area (TPSA) is 59.6 Å². The van der Waals surface area contributed by atoms with Gasteiger partial charge in [0.2, 0.25) is 0 Å². The van der Waals surface area contributed by atoms with Gasteiger partial charge >= 0.3 is 5.97 Å². The molecule has 0 spiro atoms. The lowest BCUT2D eigenvalue weighted by Crippen LogP contribution is -2.51. The van der Waals surface area contributed by atoms with Gasteiger partial charge in [-0.15, -0.1) is 0 Å². The summed E-state index contributed by atoms with van der Waals surface area (Å²) in [6.45, 7) is 9.04. The van der Waals surface area contributed by atoms with Crippen LogP contribution in [0.4, 0.5) is 0 Å². The van der Waals surface area contributed by atoms with Gasteiger partial charge in [0.15, 0.2) is 5.11 Å². The monoisotopic (exact) mass is 376 g/mol. The highest BCUT2D eigenvalue weighted by atomic mass is 32.1. The van der Waals surface area contributed by atoms with Crippen LogP contribution in [0.2, 0.25) is 0 Å². The van der Waals surface area contributed by atoms with Crippen LogP contribution in [0.1, 0.15) is 51.1 Å². The molecule has 2 N–H and O–H groups in total. The summed E-state index contributed by atoms with van der Waals surface area (Å²) in [5.41, 5.74) is 1.41. The number of nitrogens with one attached hydrogen (secondary N) is 2. The maximum Gasteiger partial charge on any atom is 0.317 e. The molecule has 0 aromatic heterocycles. The Kier molecular flexibility index (Phi) is 7.91. The number of thiocarbonyl (C=S) groups is 1. The van der Waals surface area contributed by atoms with Crippen molar-refractivity contribution >= 4 is 23.3 Å². The van der Waals surface area contributed by atoms with Gasteiger partial charge in [0.25, 0.3) is 0 Å². The molecule has 1 aliphatic heterocycles. The molecular formula is C20H28N2O3S. The SMILES string of the molecule is C=C1NC(=S)N[C@@H](c2ccccc2OCC)[C@@H]1C(=O)OCCCCCC. The number of benzene rings is 1. The van der Waals surface area contributed by atoms with Crippen molar-refractivity contribution in [2.75, 3.05) is 13.2 Å². The zero-order chi connectivity index (χ0) is 18.9. The maximum absolute atomic E-state index is 12.8. The number of esters is 1. The van der Waals surface area contributed by atoms with Crippen molar-refractivity contribution in [1.29, 1.82) is 0 Å². The van der Waals surface area contributed by atoms with Gasteiger partial charge in [-0.25, -0.2) is 0 Å². The molecule has 1 saturated heterocycles. The van der Waals surface area contributed by atoms with E-state index in [4.69, 9.17) is 21.7 Å². The van der Waals surface area contributed by atoms with Crippen LogP contribution >= 0.6 is 12.2 Å². The number of unbranched alkanes of at least 4 members (excludes halogenated alkanes) is 3. The molecule has 6 heteroatoms. The molecule has 1 aromatic carbocycles. The van der Waals surface area contributed by atoms with Gasteiger partial charge in [-0.05, 0) is 31.6 Å². The van der Waals surface area contributed by atoms with Gasteiger partial charge in [0.1, 0.15) is 11.7 Å². The summed E-state index contributed by atoms with van der Waals surface area (Å²) in [6, 6.07) is 7.28. The highest BCUT2D eigenvalue weighted by Crippen LogP contribution is 2.35. The van der Waals surface area contributed by atoms with E-state index in [0.717, 1.165) is 37.0 Å². The van der Waals surface area contributed by atoms with Crippen LogP contribution in [0.3, 0.4) is 0 Å². The molecule has 0 saturated carbocycles. The van der Waals surface area contributed by atoms with Crippen molar-refractivity contribution in [2.24, 2.45) is 5.92 Å². The van der Waals surface area contributed by atoms with Crippen molar-refractivity contribution in [3.63, 3.8) is 0 Å². The lowest BCUT2D eigenvalue weighted by Gasteiger charge is -2.35. The number of ether oxygens (including phenoxy) is 2. The van der Waals surface area contributed by atoms with E-state index >= 15 is 0 Å². The van der Waals surface area contributed by atoms with Crippen molar-refractivity contribution in [1.82, 2.24) is 10.6 Å². The molecule has 0 bridgehead atoms. The molecule has 0 radical (unpaired) electrons. The molecule has 0 aliphatic carbocycles. The number of carbonyl (C=O) groups excluding carboxylic acids is 1. The van der Waals surface area contributed by atoms with Crippen LogP contribution in [0.25, 0.3) is 0 Å². The van der Waals surface area contributed by atoms with Gasteiger partial charge < -0.3 is 20.1 Å². The summed E-state index contributed by atoms with van der Waals surface area (Å²) in [5.74, 6) is -0.148. The Balaban J connectivity index is 2.17. The van der Waals surface area contributed by atoms with E-state index in [0.29, 0.717) is 24.0 Å². The zero-order valence-corrected chi connectivity index (χ0v) is 16.4. The van der Waals surface area contributed by atoms with Crippen LogP contribution in [-0.2, 0) is 9.53 Å². The van der Waals surface area contributed by atoms with Gasteiger partial charge in [-0.1, -0.05) is 51.0 Å². The largest absolute Gasteiger partial charge is 0.494 e. The number of rotatable bonds is 9. The highest BCUT2D eigenvalue weighted by molar-refractivity contribution is 7.80. The second kappa shape index (κ2) is 10.2. The Morgan fingerprint density at radius 3 is 2.73 bits per heavy atom. The summed E-state index contributed by atoms with van der Waals surface area (Å²) in [6.07, 6.45) is 4.23. The average Bonchev–Trinajstić information content (AvgIpc) is 2.61. The van der Waals surface area contributed by atoms with Crippen molar-refractivity contribution in [3.8, 4) is 5.75 Å². The first-order chi connectivity index (χ1) is 12.6. The first-order valence-corrected chi connectivity index (χ1v) is 9.64. The Bertz CT molecular complexity index is 648. The first-order valence-electron chi connectivity index (χ1n) is 9.23. The zero-order valence-electron chi connectivity index (χ0n) is 15.5. The number of hydrogen-bond acceptors (Lipinski definition) is 4. The Labute approximate surface area is 161 Å². The second-order valence-corrected chi connectivity index (χ2v) is 6.69. The fourth-order valence-electron chi connectivity index (χ4n) is 3.04. The predicted molar refractivity (Wildman–Crippen MR) is 107 cm³/mol.